The third-order valence-corrected chi connectivity index (χ3v) is 3.96. The van der Waals surface area contributed by atoms with Crippen LogP contribution in [0.5, 0.6) is 5.75 Å². The molecule has 0 fully saturated rings. The summed E-state index contributed by atoms with van der Waals surface area (Å²) in [4.78, 5) is 11.8. The number of carbonyl (C=O) groups excluding carboxylic acids is 1. The predicted octanol–water partition coefficient (Wildman–Crippen LogP) is 2.94. The van der Waals surface area contributed by atoms with Gasteiger partial charge in [0.1, 0.15) is 11.5 Å². The highest BCUT2D eigenvalue weighted by Crippen LogP contribution is 2.33. The molecule has 1 aliphatic heterocycles. The number of aromatic nitrogens is 1. The minimum absolute atomic E-state index is 0.0830. The number of anilines is 1. The number of nitrogens with zero attached hydrogens (tertiary/aromatic N) is 1. The zero-order chi connectivity index (χ0) is 16.4. The Kier molecular flexibility index (Phi) is 4.34. The topological polar surface area (TPSA) is 76.4 Å². The molecule has 122 valence electrons. The molecule has 1 aromatic carbocycles. The van der Waals surface area contributed by atoms with E-state index in [0.29, 0.717) is 13.0 Å². The molecule has 0 bridgehead atoms. The molecule has 2 N–H and O–H groups in total. The van der Waals surface area contributed by atoms with E-state index in [1.165, 1.54) is 0 Å². The van der Waals surface area contributed by atoms with Gasteiger partial charge in [0.15, 0.2) is 6.10 Å². The Morgan fingerprint density at radius 2 is 2.22 bits per heavy atom. The number of fused-ring (bicyclic) bond motifs is 1. The Morgan fingerprint density at radius 1 is 1.39 bits per heavy atom. The second-order valence-electron chi connectivity index (χ2n) is 5.79. The van der Waals surface area contributed by atoms with Gasteiger partial charge in [0.05, 0.1) is 11.4 Å². The number of benzene rings is 1. The first kappa shape index (κ1) is 15.6. The monoisotopic (exact) mass is 315 g/mol. The number of carbonyl (C=O) groups is 1. The first-order chi connectivity index (χ1) is 11.1. The van der Waals surface area contributed by atoms with Crippen LogP contribution in [-0.2, 0) is 11.3 Å². The van der Waals surface area contributed by atoms with E-state index < -0.39 is 6.10 Å². The Bertz CT molecular complexity index is 711. The maximum atomic E-state index is 11.8. The van der Waals surface area contributed by atoms with Crippen molar-refractivity contribution in [2.45, 2.75) is 45.9 Å². The van der Waals surface area contributed by atoms with E-state index in [4.69, 9.17) is 9.26 Å². The van der Waals surface area contributed by atoms with Gasteiger partial charge in [-0.25, -0.2) is 0 Å². The van der Waals surface area contributed by atoms with Gasteiger partial charge in [0, 0.05) is 18.7 Å². The average molecular weight is 315 g/mol. The van der Waals surface area contributed by atoms with Crippen molar-refractivity contribution < 1.29 is 14.1 Å². The lowest BCUT2D eigenvalue weighted by Gasteiger charge is -2.26. The molecule has 1 aliphatic rings. The summed E-state index contributed by atoms with van der Waals surface area (Å²) in [6, 6.07) is 7.88. The van der Waals surface area contributed by atoms with Crippen LogP contribution in [0.3, 0.4) is 0 Å². The lowest BCUT2D eigenvalue weighted by atomic mass is 10.1. The normalized spacial score (nSPS) is 18.0. The number of hydrogen-bond donors (Lipinski definition) is 2. The molecule has 2 aromatic rings. The van der Waals surface area contributed by atoms with E-state index in [0.717, 1.165) is 28.5 Å². The van der Waals surface area contributed by atoms with Crippen molar-refractivity contribution in [3.05, 3.63) is 41.3 Å². The van der Waals surface area contributed by atoms with Gasteiger partial charge in [-0.15, -0.1) is 0 Å². The van der Waals surface area contributed by atoms with Crippen LogP contribution in [0.1, 0.15) is 43.3 Å². The summed E-state index contributed by atoms with van der Waals surface area (Å²) in [5.41, 5.74) is 2.69. The summed E-state index contributed by atoms with van der Waals surface area (Å²) in [5, 5.41) is 10.3. The highest BCUT2D eigenvalue weighted by molar-refractivity contribution is 5.97. The maximum absolute atomic E-state index is 11.8. The van der Waals surface area contributed by atoms with Crippen LogP contribution in [0.25, 0.3) is 0 Å². The Hall–Kier alpha value is -2.34. The van der Waals surface area contributed by atoms with Gasteiger partial charge >= 0.3 is 0 Å². The first-order valence-electron chi connectivity index (χ1n) is 7.84. The largest absolute Gasteiger partial charge is 0.478 e. The van der Waals surface area contributed by atoms with Crippen molar-refractivity contribution >= 4 is 11.6 Å². The predicted molar refractivity (Wildman–Crippen MR) is 86.3 cm³/mol. The Balaban J connectivity index is 1.69. The van der Waals surface area contributed by atoms with Crippen LogP contribution < -0.4 is 15.4 Å². The SMILES string of the molecule is CC[C@H]1Oc2cc([C@@H](C)NCc3cc(C)on3)ccc2NC1=O. The quantitative estimate of drug-likeness (QED) is 0.887. The number of ether oxygens (including phenoxy) is 1. The van der Waals surface area contributed by atoms with Crippen molar-refractivity contribution in [1.82, 2.24) is 10.5 Å². The fraction of sp³-hybridized carbons (Fsp3) is 0.412. The zero-order valence-electron chi connectivity index (χ0n) is 13.6. The molecule has 0 radical (unpaired) electrons. The van der Waals surface area contributed by atoms with E-state index in [1.807, 2.05) is 38.1 Å². The van der Waals surface area contributed by atoms with Crippen LogP contribution in [-0.4, -0.2) is 17.2 Å². The molecule has 2 heterocycles. The fourth-order valence-electron chi connectivity index (χ4n) is 2.57. The summed E-state index contributed by atoms with van der Waals surface area (Å²) in [7, 11) is 0. The van der Waals surface area contributed by atoms with E-state index in [-0.39, 0.29) is 11.9 Å². The Labute approximate surface area is 135 Å². The van der Waals surface area contributed by atoms with E-state index >= 15 is 0 Å². The molecule has 23 heavy (non-hydrogen) atoms. The summed E-state index contributed by atoms with van der Waals surface area (Å²) < 4.78 is 10.8. The molecule has 1 amide bonds. The van der Waals surface area contributed by atoms with Crippen molar-refractivity contribution in [2.24, 2.45) is 0 Å². The minimum atomic E-state index is -0.417. The first-order valence-corrected chi connectivity index (χ1v) is 7.84. The molecule has 2 atom stereocenters. The molecule has 1 aromatic heterocycles. The molecule has 3 rings (SSSR count). The van der Waals surface area contributed by atoms with Gasteiger partial charge in [0.2, 0.25) is 0 Å². The Morgan fingerprint density at radius 3 is 2.91 bits per heavy atom. The van der Waals surface area contributed by atoms with Gasteiger partial charge in [-0.3, -0.25) is 4.79 Å². The van der Waals surface area contributed by atoms with Crippen LogP contribution >= 0.6 is 0 Å². The van der Waals surface area contributed by atoms with Crippen LogP contribution in [0, 0.1) is 6.92 Å². The summed E-state index contributed by atoms with van der Waals surface area (Å²) in [6.07, 6.45) is 0.230. The van der Waals surface area contributed by atoms with Crippen molar-refractivity contribution in [1.29, 1.82) is 0 Å². The molecular weight excluding hydrogens is 294 g/mol. The van der Waals surface area contributed by atoms with E-state index in [2.05, 4.69) is 22.7 Å². The lowest BCUT2D eigenvalue weighted by Crippen LogP contribution is -2.36. The third-order valence-electron chi connectivity index (χ3n) is 3.96. The number of rotatable bonds is 5. The smallest absolute Gasteiger partial charge is 0.265 e. The molecule has 0 saturated carbocycles. The van der Waals surface area contributed by atoms with Gasteiger partial charge in [-0.05, 0) is 38.0 Å². The minimum Gasteiger partial charge on any atom is -0.478 e. The van der Waals surface area contributed by atoms with E-state index in [9.17, 15) is 4.79 Å². The molecule has 0 saturated heterocycles. The molecule has 6 nitrogen and oxygen atoms in total. The highest BCUT2D eigenvalue weighted by atomic mass is 16.5. The van der Waals surface area contributed by atoms with Gasteiger partial charge in [0.25, 0.3) is 5.91 Å². The molecule has 0 unspecified atom stereocenters. The average Bonchev–Trinajstić information content (AvgIpc) is 2.97. The van der Waals surface area contributed by atoms with Gasteiger partial charge in [-0.1, -0.05) is 18.1 Å². The van der Waals surface area contributed by atoms with Crippen LogP contribution in [0.2, 0.25) is 0 Å². The number of hydrogen-bond acceptors (Lipinski definition) is 5. The highest BCUT2D eigenvalue weighted by Gasteiger charge is 2.26. The molecule has 6 heteroatoms. The molecular formula is C17H21N3O3. The third kappa shape index (κ3) is 3.37. The van der Waals surface area contributed by atoms with Gasteiger partial charge in [-0.2, -0.15) is 0 Å². The van der Waals surface area contributed by atoms with Crippen molar-refractivity contribution in [2.75, 3.05) is 5.32 Å². The number of amides is 1. The molecule has 0 spiro atoms. The maximum Gasteiger partial charge on any atom is 0.265 e. The lowest BCUT2D eigenvalue weighted by molar-refractivity contribution is -0.123. The van der Waals surface area contributed by atoms with Gasteiger partial charge < -0.3 is 19.9 Å². The second kappa shape index (κ2) is 6.42. The number of aryl methyl sites for hydroxylation is 1. The van der Waals surface area contributed by atoms with Crippen molar-refractivity contribution in [3.63, 3.8) is 0 Å². The summed E-state index contributed by atoms with van der Waals surface area (Å²) in [6.45, 7) is 6.51. The van der Waals surface area contributed by atoms with E-state index in [1.54, 1.807) is 0 Å². The zero-order valence-corrected chi connectivity index (χ0v) is 13.6. The summed E-state index contributed by atoms with van der Waals surface area (Å²) >= 11 is 0. The number of nitrogens with one attached hydrogen (secondary N) is 2. The standard InChI is InChI=1S/C17H21N3O3/c1-4-15-17(21)19-14-6-5-12(8-16(14)22-15)11(3)18-9-13-7-10(2)23-20-13/h5-8,11,15,18H,4,9H2,1-3H3,(H,19,21)/t11-,15-/m1/s1. The summed E-state index contributed by atoms with van der Waals surface area (Å²) in [5.74, 6) is 1.44. The van der Waals surface area contributed by atoms with Crippen molar-refractivity contribution in [3.8, 4) is 5.75 Å². The fourth-order valence-corrected chi connectivity index (χ4v) is 2.57. The van der Waals surface area contributed by atoms with Crippen LogP contribution in [0.15, 0.2) is 28.8 Å². The molecule has 0 aliphatic carbocycles. The van der Waals surface area contributed by atoms with Crippen LogP contribution in [0.4, 0.5) is 5.69 Å². The second-order valence-corrected chi connectivity index (χ2v) is 5.79.